The minimum atomic E-state index is 0.245. The van der Waals surface area contributed by atoms with Gasteiger partial charge in [0.2, 0.25) is 0 Å². The summed E-state index contributed by atoms with van der Waals surface area (Å²) in [6.07, 6.45) is 0. The van der Waals surface area contributed by atoms with E-state index < -0.39 is 0 Å². The molecule has 1 heterocycles. The summed E-state index contributed by atoms with van der Waals surface area (Å²) in [4.78, 5) is 11.3. The molecule has 0 aromatic carbocycles. The first kappa shape index (κ1) is 7.99. The van der Waals surface area contributed by atoms with Crippen LogP contribution >= 0.6 is 11.3 Å². The number of hydrogen-bond acceptors (Lipinski definition) is 2. The molecule has 2 unspecified atom stereocenters. The molecular weight excluding hydrogens is 168 g/mol. The highest BCUT2D eigenvalue weighted by Gasteiger charge is 2.44. The molecule has 1 saturated carbocycles. The molecule has 2 heteroatoms. The number of carbonyl (C=O) groups is 1. The summed E-state index contributed by atoms with van der Waals surface area (Å²) >= 11 is 1.71. The van der Waals surface area contributed by atoms with Crippen molar-refractivity contribution in [1.29, 1.82) is 0 Å². The van der Waals surface area contributed by atoms with Gasteiger partial charge in [-0.15, -0.1) is 0 Å². The number of rotatable bonds is 1. The van der Waals surface area contributed by atoms with Crippen molar-refractivity contribution in [3.63, 3.8) is 0 Å². The Morgan fingerprint density at radius 1 is 1.33 bits per heavy atom. The summed E-state index contributed by atoms with van der Waals surface area (Å²) in [5, 5.41) is 4.24. The number of carbonyl (C=O) groups excluding carboxylic acids is 1. The van der Waals surface area contributed by atoms with Gasteiger partial charge in [0.25, 0.3) is 0 Å². The first-order valence-electron chi connectivity index (χ1n) is 4.27. The van der Waals surface area contributed by atoms with E-state index in [1.165, 1.54) is 5.56 Å². The van der Waals surface area contributed by atoms with E-state index in [1.54, 1.807) is 11.3 Å². The topological polar surface area (TPSA) is 17.1 Å². The average Bonchev–Trinajstić information content (AvgIpc) is 2.57. The summed E-state index contributed by atoms with van der Waals surface area (Å²) in [6.45, 7) is 4.06. The number of thiophene rings is 1. The van der Waals surface area contributed by atoms with Gasteiger partial charge in [-0.3, -0.25) is 4.79 Å². The molecule has 0 aliphatic heterocycles. The quantitative estimate of drug-likeness (QED) is 0.649. The van der Waals surface area contributed by atoms with Crippen LogP contribution in [0.4, 0.5) is 0 Å². The van der Waals surface area contributed by atoms with E-state index >= 15 is 0 Å². The second-order valence-corrected chi connectivity index (χ2v) is 4.34. The molecule has 0 saturated heterocycles. The minimum Gasteiger partial charge on any atom is -0.299 e. The Morgan fingerprint density at radius 2 is 2.00 bits per heavy atom. The first-order valence-corrected chi connectivity index (χ1v) is 5.22. The number of Topliss-reactive ketones (excluding diaryl/α,β-unsaturated/α-hetero) is 1. The molecule has 1 aromatic rings. The summed E-state index contributed by atoms with van der Waals surface area (Å²) in [5.41, 5.74) is 1.35. The number of ketones is 1. The van der Waals surface area contributed by atoms with Crippen LogP contribution in [0, 0.1) is 11.8 Å². The Bertz CT molecular complexity index is 277. The van der Waals surface area contributed by atoms with Gasteiger partial charge in [-0.05, 0) is 22.4 Å². The van der Waals surface area contributed by atoms with Gasteiger partial charge in [-0.2, -0.15) is 11.3 Å². The maximum absolute atomic E-state index is 11.3. The molecule has 0 radical (unpaired) electrons. The van der Waals surface area contributed by atoms with Gasteiger partial charge in [0.15, 0.2) is 0 Å². The van der Waals surface area contributed by atoms with Crippen molar-refractivity contribution in [1.82, 2.24) is 0 Å². The Hall–Kier alpha value is -0.630. The first-order chi connectivity index (χ1) is 5.72. The van der Waals surface area contributed by atoms with Crippen molar-refractivity contribution in [2.24, 2.45) is 11.8 Å². The van der Waals surface area contributed by atoms with Crippen LogP contribution in [-0.4, -0.2) is 5.78 Å². The zero-order chi connectivity index (χ0) is 8.72. The Balaban J connectivity index is 2.22. The zero-order valence-corrected chi connectivity index (χ0v) is 8.10. The second-order valence-electron chi connectivity index (χ2n) is 3.56. The molecule has 12 heavy (non-hydrogen) atoms. The van der Waals surface area contributed by atoms with E-state index in [0.717, 1.165) is 0 Å². The molecule has 64 valence electrons. The van der Waals surface area contributed by atoms with Crippen molar-refractivity contribution in [2.45, 2.75) is 19.8 Å². The van der Waals surface area contributed by atoms with Gasteiger partial charge in [-0.25, -0.2) is 0 Å². The molecule has 0 bridgehead atoms. The molecule has 1 fully saturated rings. The summed E-state index contributed by atoms with van der Waals surface area (Å²) < 4.78 is 0. The largest absolute Gasteiger partial charge is 0.299 e. The standard InChI is InChI=1S/C10H12OS/c1-6-9(7(2)10(6)11)8-3-4-12-5-8/h3-7,9H,1-2H3. The maximum Gasteiger partial charge on any atom is 0.139 e. The summed E-state index contributed by atoms with van der Waals surface area (Å²) in [6, 6.07) is 2.13. The zero-order valence-electron chi connectivity index (χ0n) is 7.28. The van der Waals surface area contributed by atoms with Crippen LogP contribution in [0.15, 0.2) is 16.8 Å². The van der Waals surface area contributed by atoms with Crippen LogP contribution in [0.25, 0.3) is 0 Å². The van der Waals surface area contributed by atoms with Crippen LogP contribution in [0.1, 0.15) is 25.3 Å². The van der Waals surface area contributed by atoms with Gasteiger partial charge in [0.05, 0.1) is 0 Å². The molecule has 0 N–H and O–H groups in total. The highest BCUT2D eigenvalue weighted by atomic mass is 32.1. The predicted molar refractivity (Wildman–Crippen MR) is 50.4 cm³/mol. The fraction of sp³-hybridized carbons (Fsp3) is 0.500. The van der Waals surface area contributed by atoms with Gasteiger partial charge >= 0.3 is 0 Å². The van der Waals surface area contributed by atoms with Crippen LogP contribution in [0.2, 0.25) is 0 Å². The van der Waals surface area contributed by atoms with Crippen molar-refractivity contribution in [3.8, 4) is 0 Å². The molecule has 0 spiro atoms. The second kappa shape index (κ2) is 2.70. The van der Waals surface area contributed by atoms with Gasteiger partial charge in [0, 0.05) is 17.8 Å². The van der Waals surface area contributed by atoms with Crippen LogP contribution in [0.5, 0.6) is 0 Å². The normalized spacial score (nSPS) is 34.8. The lowest BCUT2D eigenvalue weighted by Crippen LogP contribution is -2.42. The van der Waals surface area contributed by atoms with Gasteiger partial charge in [-0.1, -0.05) is 13.8 Å². The molecule has 1 aromatic heterocycles. The lowest BCUT2D eigenvalue weighted by molar-refractivity contribution is -0.136. The Kier molecular flexibility index (Phi) is 1.80. The Morgan fingerprint density at radius 3 is 2.50 bits per heavy atom. The van der Waals surface area contributed by atoms with Crippen LogP contribution < -0.4 is 0 Å². The molecule has 2 atom stereocenters. The van der Waals surface area contributed by atoms with E-state index in [1.807, 2.05) is 13.8 Å². The summed E-state index contributed by atoms with van der Waals surface area (Å²) in [5.74, 6) is 1.40. The lowest BCUT2D eigenvalue weighted by atomic mass is 9.63. The third-order valence-electron chi connectivity index (χ3n) is 2.90. The highest BCUT2D eigenvalue weighted by molar-refractivity contribution is 7.08. The molecule has 2 rings (SSSR count). The smallest absolute Gasteiger partial charge is 0.139 e. The van der Waals surface area contributed by atoms with E-state index in [0.29, 0.717) is 11.7 Å². The SMILES string of the molecule is CC1C(=O)C(C)C1c1ccsc1. The fourth-order valence-corrected chi connectivity index (χ4v) is 2.83. The van der Waals surface area contributed by atoms with Crippen LogP contribution in [0.3, 0.4) is 0 Å². The molecule has 1 nitrogen and oxygen atoms in total. The maximum atomic E-state index is 11.3. The van der Waals surface area contributed by atoms with Crippen molar-refractivity contribution >= 4 is 17.1 Å². The molecule has 0 amide bonds. The van der Waals surface area contributed by atoms with E-state index in [-0.39, 0.29) is 11.8 Å². The fourth-order valence-electron chi connectivity index (χ4n) is 2.13. The highest BCUT2D eigenvalue weighted by Crippen LogP contribution is 2.44. The van der Waals surface area contributed by atoms with Crippen LogP contribution in [-0.2, 0) is 4.79 Å². The Labute approximate surface area is 76.4 Å². The molecular formula is C10H12OS. The third kappa shape index (κ3) is 0.944. The predicted octanol–water partition coefficient (Wildman–Crippen LogP) is 2.69. The average molecular weight is 180 g/mol. The minimum absolute atomic E-state index is 0.245. The van der Waals surface area contributed by atoms with Crippen molar-refractivity contribution in [2.75, 3.05) is 0 Å². The summed E-state index contributed by atoms with van der Waals surface area (Å²) in [7, 11) is 0. The van der Waals surface area contributed by atoms with E-state index in [2.05, 4.69) is 16.8 Å². The van der Waals surface area contributed by atoms with Gasteiger partial charge in [0.1, 0.15) is 5.78 Å². The van der Waals surface area contributed by atoms with Crippen molar-refractivity contribution < 1.29 is 4.79 Å². The van der Waals surface area contributed by atoms with E-state index in [4.69, 9.17) is 0 Å². The third-order valence-corrected chi connectivity index (χ3v) is 3.60. The van der Waals surface area contributed by atoms with Crippen molar-refractivity contribution in [3.05, 3.63) is 22.4 Å². The van der Waals surface area contributed by atoms with E-state index in [9.17, 15) is 4.79 Å². The molecule has 1 aliphatic rings. The van der Waals surface area contributed by atoms with Gasteiger partial charge < -0.3 is 0 Å². The number of hydrogen-bond donors (Lipinski definition) is 0. The lowest BCUT2D eigenvalue weighted by Gasteiger charge is -2.38. The molecule has 1 aliphatic carbocycles. The monoisotopic (exact) mass is 180 g/mol.